The number of oxazole rings is 1. The van der Waals surface area contributed by atoms with Crippen LogP contribution >= 0.6 is 0 Å². The van der Waals surface area contributed by atoms with Crippen LogP contribution in [0.2, 0.25) is 0 Å². The molecule has 0 aliphatic carbocycles. The highest BCUT2D eigenvalue weighted by molar-refractivity contribution is 5.92. The molecule has 0 aliphatic rings. The first-order valence-corrected chi connectivity index (χ1v) is 7.50. The van der Waals surface area contributed by atoms with Crippen molar-refractivity contribution in [3.05, 3.63) is 66.6 Å². The van der Waals surface area contributed by atoms with Crippen molar-refractivity contribution in [2.45, 2.75) is 0 Å². The largest absolute Gasteiger partial charge is 0.492 e. The smallest absolute Gasteiger partial charge is 0.273 e. The quantitative estimate of drug-likeness (QED) is 0.538. The van der Waals surface area contributed by atoms with Crippen molar-refractivity contribution in [1.29, 1.82) is 0 Å². The second kappa shape index (κ2) is 7.32. The van der Waals surface area contributed by atoms with Gasteiger partial charge in [0.25, 0.3) is 5.91 Å². The predicted octanol–water partition coefficient (Wildman–Crippen LogP) is 2.73. The maximum atomic E-state index is 12.0. The highest BCUT2D eigenvalue weighted by Crippen LogP contribution is 2.19. The first-order chi connectivity index (χ1) is 11.7. The van der Waals surface area contributed by atoms with Crippen molar-refractivity contribution in [1.82, 2.24) is 10.3 Å². The number of anilines is 1. The molecule has 1 amide bonds. The van der Waals surface area contributed by atoms with Crippen LogP contribution in [0.3, 0.4) is 0 Å². The maximum absolute atomic E-state index is 12.0. The van der Waals surface area contributed by atoms with Crippen LogP contribution in [-0.2, 0) is 0 Å². The zero-order chi connectivity index (χ0) is 16.8. The molecule has 2 aromatic carbocycles. The number of hydrogen-bond donors (Lipinski definition) is 2. The van der Waals surface area contributed by atoms with Crippen LogP contribution in [0.5, 0.6) is 5.75 Å². The Morgan fingerprint density at radius 1 is 1.12 bits per heavy atom. The summed E-state index contributed by atoms with van der Waals surface area (Å²) in [4.78, 5) is 16.2. The van der Waals surface area contributed by atoms with Crippen molar-refractivity contribution < 1.29 is 13.9 Å². The number of para-hydroxylation sites is 1. The number of nitrogen functional groups attached to an aromatic ring is 1. The molecule has 6 heteroatoms. The molecule has 3 N–H and O–H groups in total. The number of nitrogens with zero attached hydrogens (tertiary/aromatic N) is 1. The summed E-state index contributed by atoms with van der Waals surface area (Å²) in [6.07, 6.45) is 1.33. The molecule has 1 heterocycles. The Morgan fingerprint density at radius 2 is 1.88 bits per heavy atom. The molecule has 0 unspecified atom stereocenters. The van der Waals surface area contributed by atoms with Crippen molar-refractivity contribution in [3.63, 3.8) is 0 Å². The molecule has 122 valence electrons. The van der Waals surface area contributed by atoms with Gasteiger partial charge in [-0.15, -0.1) is 0 Å². The van der Waals surface area contributed by atoms with Gasteiger partial charge in [-0.25, -0.2) is 4.98 Å². The van der Waals surface area contributed by atoms with Crippen LogP contribution in [0.1, 0.15) is 10.5 Å². The average molecular weight is 323 g/mol. The highest BCUT2D eigenvalue weighted by Gasteiger charge is 2.13. The molecule has 0 saturated heterocycles. The number of amides is 1. The molecular weight excluding hydrogens is 306 g/mol. The fraction of sp³-hybridized carbons (Fsp3) is 0.111. The molecule has 0 bridgehead atoms. The van der Waals surface area contributed by atoms with Gasteiger partial charge in [0.1, 0.15) is 18.6 Å². The van der Waals surface area contributed by atoms with Gasteiger partial charge < -0.3 is 20.2 Å². The van der Waals surface area contributed by atoms with Crippen LogP contribution in [0.15, 0.2) is 65.3 Å². The minimum atomic E-state index is -0.308. The van der Waals surface area contributed by atoms with E-state index in [-0.39, 0.29) is 11.6 Å². The number of rotatable bonds is 6. The van der Waals surface area contributed by atoms with Crippen molar-refractivity contribution in [3.8, 4) is 17.2 Å². The molecule has 1 aromatic heterocycles. The van der Waals surface area contributed by atoms with Crippen LogP contribution < -0.4 is 15.8 Å². The van der Waals surface area contributed by atoms with Crippen LogP contribution in [-0.4, -0.2) is 24.0 Å². The summed E-state index contributed by atoms with van der Waals surface area (Å²) in [6.45, 7) is 0.746. The Bertz CT molecular complexity index is 798. The molecule has 0 aliphatic heterocycles. The van der Waals surface area contributed by atoms with E-state index in [1.54, 1.807) is 24.3 Å². The van der Waals surface area contributed by atoms with Crippen LogP contribution in [0.25, 0.3) is 11.5 Å². The summed E-state index contributed by atoms with van der Waals surface area (Å²) in [6, 6.07) is 16.5. The lowest BCUT2D eigenvalue weighted by Crippen LogP contribution is -2.28. The van der Waals surface area contributed by atoms with E-state index in [2.05, 4.69) is 10.3 Å². The van der Waals surface area contributed by atoms with Gasteiger partial charge in [-0.1, -0.05) is 18.2 Å². The van der Waals surface area contributed by atoms with E-state index < -0.39 is 0 Å². The van der Waals surface area contributed by atoms with Crippen molar-refractivity contribution in [2.75, 3.05) is 18.9 Å². The zero-order valence-corrected chi connectivity index (χ0v) is 12.9. The van der Waals surface area contributed by atoms with E-state index in [0.717, 1.165) is 11.3 Å². The molecule has 6 nitrogen and oxygen atoms in total. The first kappa shape index (κ1) is 15.6. The molecular formula is C18H17N3O3. The average Bonchev–Trinajstić information content (AvgIpc) is 3.10. The molecule has 0 saturated carbocycles. The molecule has 0 atom stereocenters. The van der Waals surface area contributed by atoms with Crippen molar-refractivity contribution >= 4 is 11.6 Å². The lowest BCUT2D eigenvalue weighted by atomic mass is 10.2. The number of nitrogens with two attached hydrogens (primary N) is 1. The maximum Gasteiger partial charge on any atom is 0.273 e. The summed E-state index contributed by atoms with van der Waals surface area (Å²) in [5.74, 6) is 0.830. The van der Waals surface area contributed by atoms with Gasteiger partial charge in [-0.2, -0.15) is 0 Å². The number of carbonyl (C=O) groups is 1. The van der Waals surface area contributed by atoms with Gasteiger partial charge in [0.15, 0.2) is 5.69 Å². The van der Waals surface area contributed by atoms with E-state index in [9.17, 15) is 4.79 Å². The number of aromatic nitrogens is 1. The molecule has 0 spiro atoms. The fourth-order valence-corrected chi connectivity index (χ4v) is 2.08. The van der Waals surface area contributed by atoms with Gasteiger partial charge >= 0.3 is 0 Å². The Kier molecular flexibility index (Phi) is 4.76. The summed E-state index contributed by atoms with van der Waals surface area (Å²) < 4.78 is 10.9. The first-order valence-electron chi connectivity index (χ1n) is 7.50. The minimum absolute atomic E-state index is 0.224. The third-order valence-electron chi connectivity index (χ3n) is 3.29. The minimum Gasteiger partial charge on any atom is -0.492 e. The zero-order valence-electron chi connectivity index (χ0n) is 12.9. The van der Waals surface area contributed by atoms with Crippen LogP contribution in [0, 0.1) is 0 Å². The molecule has 3 aromatic rings. The van der Waals surface area contributed by atoms with E-state index in [1.165, 1.54) is 6.26 Å². The summed E-state index contributed by atoms with van der Waals surface area (Å²) >= 11 is 0. The van der Waals surface area contributed by atoms with Crippen LogP contribution in [0.4, 0.5) is 5.69 Å². The molecule has 3 rings (SSSR count). The standard InChI is InChI=1S/C18H17N3O3/c19-14-8-6-13(7-9-14)18-21-16(12-24-18)17(22)20-10-11-23-15-4-2-1-3-5-15/h1-9,12H,10-11,19H2,(H,20,22). The third-order valence-corrected chi connectivity index (χ3v) is 3.29. The van der Waals surface area contributed by atoms with Gasteiger partial charge in [-0.3, -0.25) is 4.79 Å². The molecule has 0 radical (unpaired) electrons. The SMILES string of the molecule is Nc1ccc(-c2nc(C(=O)NCCOc3ccccc3)co2)cc1. The van der Waals surface area contributed by atoms with Gasteiger partial charge in [0.05, 0.1) is 6.54 Å². The predicted molar refractivity (Wildman–Crippen MR) is 90.6 cm³/mol. The topological polar surface area (TPSA) is 90.4 Å². The Hall–Kier alpha value is -3.28. The number of hydrogen-bond acceptors (Lipinski definition) is 5. The Balaban J connectivity index is 1.51. The summed E-state index contributed by atoms with van der Waals surface area (Å²) in [5, 5.41) is 2.74. The monoisotopic (exact) mass is 323 g/mol. The lowest BCUT2D eigenvalue weighted by molar-refractivity contribution is 0.0942. The fourth-order valence-electron chi connectivity index (χ4n) is 2.08. The normalized spacial score (nSPS) is 10.3. The van der Waals surface area contributed by atoms with Gasteiger partial charge in [0.2, 0.25) is 5.89 Å². The van der Waals surface area contributed by atoms with Gasteiger partial charge in [0, 0.05) is 11.3 Å². The van der Waals surface area contributed by atoms with Gasteiger partial charge in [-0.05, 0) is 36.4 Å². The summed E-state index contributed by atoms with van der Waals surface area (Å²) in [7, 11) is 0. The van der Waals surface area contributed by atoms with E-state index in [4.69, 9.17) is 14.9 Å². The van der Waals surface area contributed by atoms with Crippen molar-refractivity contribution in [2.24, 2.45) is 0 Å². The third kappa shape index (κ3) is 3.92. The van der Waals surface area contributed by atoms with E-state index in [1.807, 2.05) is 30.3 Å². The number of benzene rings is 2. The van der Waals surface area contributed by atoms with E-state index in [0.29, 0.717) is 24.7 Å². The molecule has 0 fully saturated rings. The summed E-state index contributed by atoms with van der Waals surface area (Å²) in [5.41, 5.74) is 7.28. The Morgan fingerprint density at radius 3 is 2.62 bits per heavy atom. The number of nitrogens with one attached hydrogen (secondary N) is 1. The second-order valence-corrected chi connectivity index (χ2v) is 5.08. The van der Waals surface area contributed by atoms with E-state index >= 15 is 0 Å². The second-order valence-electron chi connectivity index (χ2n) is 5.08. The number of ether oxygens (including phenoxy) is 1. The number of carbonyl (C=O) groups excluding carboxylic acids is 1. The highest BCUT2D eigenvalue weighted by atomic mass is 16.5. The Labute approximate surface area is 139 Å². The molecule has 24 heavy (non-hydrogen) atoms. The lowest BCUT2D eigenvalue weighted by Gasteiger charge is -2.06.